The number of carbonyl (C=O) groups is 2. The molecule has 0 bridgehead atoms. The molecule has 2 amide bonds. The second kappa shape index (κ2) is 10.4. The molecule has 0 spiro atoms. The van der Waals surface area contributed by atoms with Crippen LogP contribution in [0.1, 0.15) is 25.7 Å². The fraction of sp³-hybridized carbons (Fsp3) is 0.500. The molecule has 0 saturated heterocycles. The molecule has 22 heavy (non-hydrogen) atoms. The van der Waals surface area contributed by atoms with Gasteiger partial charge in [0, 0.05) is 18.7 Å². The molecule has 1 heterocycles. The molecule has 1 fully saturated rings. The van der Waals surface area contributed by atoms with Crippen molar-refractivity contribution in [3.8, 4) is 0 Å². The molecule has 8 heteroatoms. The van der Waals surface area contributed by atoms with E-state index in [-0.39, 0.29) is 55.1 Å². The topological polar surface area (TPSA) is 97.1 Å². The summed E-state index contributed by atoms with van der Waals surface area (Å²) in [4.78, 5) is 27.3. The lowest BCUT2D eigenvalue weighted by atomic mass is 10.00. The minimum atomic E-state index is -0.262. The Kier molecular flexibility index (Phi) is 9.73. The van der Waals surface area contributed by atoms with Gasteiger partial charge in [0.25, 0.3) is 0 Å². The van der Waals surface area contributed by atoms with E-state index in [0.29, 0.717) is 12.1 Å². The minimum Gasteiger partial charge on any atom is -0.347 e. The largest absolute Gasteiger partial charge is 0.347 e. The highest BCUT2D eigenvalue weighted by molar-refractivity contribution is 5.94. The molecule has 0 unspecified atom stereocenters. The summed E-state index contributed by atoms with van der Waals surface area (Å²) >= 11 is 0. The Morgan fingerprint density at radius 2 is 2.05 bits per heavy atom. The van der Waals surface area contributed by atoms with E-state index in [0.717, 1.165) is 19.3 Å². The summed E-state index contributed by atoms with van der Waals surface area (Å²) in [5, 5.41) is 5.28. The molecule has 1 aromatic heterocycles. The molecule has 0 aliphatic heterocycles. The lowest BCUT2D eigenvalue weighted by molar-refractivity contribution is -0.124. The summed E-state index contributed by atoms with van der Waals surface area (Å²) in [5.74, 6) is -0.132. The van der Waals surface area contributed by atoms with Crippen molar-refractivity contribution in [3.63, 3.8) is 0 Å². The zero-order chi connectivity index (χ0) is 14.4. The fourth-order valence-electron chi connectivity index (χ4n) is 2.45. The predicted octanol–water partition coefficient (Wildman–Crippen LogP) is 1.50. The van der Waals surface area contributed by atoms with Crippen molar-refractivity contribution in [2.24, 2.45) is 11.7 Å². The SMILES string of the molecule is Cl.Cl.N[C@@H]1CCC[C@H]1CC(=O)NCC(=O)Nc1cccnc1. The Bertz CT molecular complexity index is 473. The summed E-state index contributed by atoms with van der Waals surface area (Å²) in [6.07, 6.45) is 6.65. The van der Waals surface area contributed by atoms with Gasteiger partial charge in [0.2, 0.25) is 11.8 Å². The maximum atomic E-state index is 11.7. The first-order valence-electron chi connectivity index (χ1n) is 6.87. The number of nitrogens with two attached hydrogens (primary N) is 1. The van der Waals surface area contributed by atoms with Gasteiger partial charge in [-0.3, -0.25) is 14.6 Å². The van der Waals surface area contributed by atoms with Crippen LogP contribution >= 0.6 is 24.8 Å². The third kappa shape index (κ3) is 6.60. The molecule has 4 N–H and O–H groups in total. The third-order valence-corrected chi connectivity index (χ3v) is 3.56. The Balaban J connectivity index is 0.00000220. The summed E-state index contributed by atoms with van der Waals surface area (Å²) in [7, 11) is 0. The molecule has 0 aromatic carbocycles. The molecule has 0 radical (unpaired) electrons. The fourth-order valence-corrected chi connectivity index (χ4v) is 2.45. The number of hydrogen-bond acceptors (Lipinski definition) is 4. The van der Waals surface area contributed by atoms with Gasteiger partial charge in [0.05, 0.1) is 18.4 Å². The van der Waals surface area contributed by atoms with Gasteiger partial charge >= 0.3 is 0 Å². The van der Waals surface area contributed by atoms with E-state index in [1.54, 1.807) is 24.5 Å². The van der Waals surface area contributed by atoms with Crippen LogP contribution in [0.15, 0.2) is 24.5 Å². The zero-order valence-corrected chi connectivity index (χ0v) is 13.8. The highest BCUT2D eigenvalue weighted by Crippen LogP contribution is 2.26. The number of nitrogens with one attached hydrogen (secondary N) is 2. The molecule has 124 valence electrons. The van der Waals surface area contributed by atoms with Crippen LogP contribution in [0, 0.1) is 5.92 Å². The normalized spacial score (nSPS) is 19.5. The average molecular weight is 349 g/mol. The van der Waals surface area contributed by atoms with Gasteiger partial charge in [-0.15, -0.1) is 24.8 Å². The van der Waals surface area contributed by atoms with Gasteiger partial charge in [0.15, 0.2) is 0 Å². The number of hydrogen-bond donors (Lipinski definition) is 3. The van der Waals surface area contributed by atoms with Crippen molar-refractivity contribution >= 4 is 42.3 Å². The quantitative estimate of drug-likeness (QED) is 0.750. The molecule has 1 aliphatic carbocycles. The average Bonchev–Trinajstić information content (AvgIpc) is 2.83. The van der Waals surface area contributed by atoms with Crippen LogP contribution in [0.25, 0.3) is 0 Å². The minimum absolute atomic E-state index is 0. The van der Waals surface area contributed by atoms with E-state index in [1.807, 2.05) is 0 Å². The third-order valence-electron chi connectivity index (χ3n) is 3.56. The van der Waals surface area contributed by atoms with Gasteiger partial charge in [-0.05, 0) is 30.9 Å². The van der Waals surface area contributed by atoms with Crippen LogP contribution in [0.5, 0.6) is 0 Å². The van der Waals surface area contributed by atoms with Crippen molar-refractivity contribution in [3.05, 3.63) is 24.5 Å². The van der Waals surface area contributed by atoms with Gasteiger partial charge in [-0.2, -0.15) is 0 Å². The van der Waals surface area contributed by atoms with E-state index in [1.165, 1.54) is 0 Å². The summed E-state index contributed by atoms with van der Waals surface area (Å²) in [5.41, 5.74) is 6.53. The number of aromatic nitrogens is 1. The van der Waals surface area contributed by atoms with E-state index in [4.69, 9.17) is 5.73 Å². The lowest BCUT2D eigenvalue weighted by Gasteiger charge is -2.14. The van der Waals surface area contributed by atoms with Crippen LogP contribution in [0.3, 0.4) is 0 Å². The monoisotopic (exact) mass is 348 g/mol. The Labute approximate surface area is 142 Å². The van der Waals surface area contributed by atoms with Crippen LogP contribution in [0.4, 0.5) is 5.69 Å². The van der Waals surface area contributed by atoms with Crippen molar-refractivity contribution in [2.45, 2.75) is 31.7 Å². The maximum Gasteiger partial charge on any atom is 0.243 e. The molecular weight excluding hydrogens is 327 g/mol. The Hall–Kier alpha value is -1.37. The number of pyridine rings is 1. The second-order valence-electron chi connectivity index (χ2n) is 5.13. The maximum absolute atomic E-state index is 11.7. The summed E-state index contributed by atoms with van der Waals surface area (Å²) in [6.45, 7) is -0.0321. The number of carbonyl (C=O) groups excluding carboxylic acids is 2. The second-order valence-corrected chi connectivity index (χ2v) is 5.13. The molecule has 2 atom stereocenters. The molecule has 2 rings (SSSR count). The van der Waals surface area contributed by atoms with Crippen molar-refractivity contribution < 1.29 is 9.59 Å². The first-order valence-corrected chi connectivity index (χ1v) is 6.87. The standard InChI is InChI=1S/C14H20N4O2.2ClH/c15-12-5-1-3-10(12)7-13(19)17-9-14(20)18-11-4-2-6-16-8-11;;/h2,4,6,8,10,12H,1,3,5,7,9,15H2,(H,17,19)(H,18,20);2*1H/t10-,12+;;/m0../s1. The summed E-state index contributed by atoms with van der Waals surface area (Å²) < 4.78 is 0. The molecule has 1 aromatic rings. The number of halogens is 2. The molecular formula is C14H22Cl2N4O2. The number of nitrogens with zero attached hydrogens (tertiary/aromatic N) is 1. The highest BCUT2D eigenvalue weighted by Gasteiger charge is 2.25. The van der Waals surface area contributed by atoms with Crippen LogP contribution in [0.2, 0.25) is 0 Å². The Morgan fingerprint density at radius 1 is 1.27 bits per heavy atom. The van der Waals surface area contributed by atoms with Gasteiger partial charge in [-0.25, -0.2) is 0 Å². The van der Waals surface area contributed by atoms with Crippen molar-refractivity contribution in [2.75, 3.05) is 11.9 Å². The summed E-state index contributed by atoms with van der Waals surface area (Å²) in [6, 6.07) is 3.59. The lowest BCUT2D eigenvalue weighted by Crippen LogP contribution is -2.36. The highest BCUT2D eigenvalue weighted by atomic mass is 35.5. The molecule has 1 saturated carbocycles. The number of amides is 2. The number of anilines is 1. The van der Waals surface area contributed by atoms with Gasteiger partial charge in [-0.1, -0.05) is 6.42 Å². The zero-order valence-electron chi connectivity index (χ0n) is 12.2. The smallest absolute Gasteiger partial charge is 0.243 e. The van der Waals surface area contributed by atoms with Crippen molar-refractivity contribution in [1.29, 1.82) is 0 Å². The van der Waals surface area contributed by atoms with Gasteiger partial charge < -0.3 is 16.4 Å². The Morgan fingerprint density at radius 3 is 2.64 bits per heavy atom. The van der Waals surface area contributed by atoms with E-state index < -0.39 is 0 Å². The first-order chi connectivity index (χ1) is 9.65. The number of rotatable bonds is 5. The van der Waals surface area contributed by atoms with Gasteiger partial charge in [0.1, 0.15) is 0 Å². The van der Waals surface area contributed by atoms with Crippen molar-refractivity contribution in [1.82, 2.24) is 10.3 Å². The van der Waals surface area contributed by atoms with E-state index >= 15 is 0 Å². The first kappa shape index (κ1) is 20.6. The predicted molar refractivity (Wildman–Crippen MR) is 90.3 cm³/mol. The molecule has 6 nitrogen and oxygen atoms in total. The van der Waals surface area contributed by atoms with E-state index in [2.05, 4.69) is 15.6 Å². The van der Waals surface area contributed by atoms with Crippen LogP contribution < -0.4 is 16.4 Å². The molecule has 1 aliphatic rings. The van der Waals surface area contributed by atoms with E-state index in [9.17, 15) is 9.59 Å². The van der Waals surface area contributed by atoms with Crippen LogP contribution in [-0.4, -0.2) is 29.4 Å². The van der Waals surface area contributed by atoms with Crippen LogP contribution in [-0.2, 0) is 9.59 Å².